The maximum Gasteiger partial charge on any atom is 0.268 e. The van der Waals surface area contributed by atoms with Gasteiger partial charge in [0.15, 0.2) is 0 Å². The molecule has 1 amide bonds. The van der Waals surface area contributed by atoms with E-state index in [1.54, 1.807) is 4.57 Å². The van der Waals surface area contributed by atoms with Crippen LogP contribution in [0.25, 0.3) is 0 Å². The number of hydrogen-bond donors (Lipinski definition) is 1. The fourth-order valence-corrected chi connectivity index (χ4v) is 2.31. The maximum atomic E-state index is 13.0. The van der Waals surface area contributed by atoms with Crippen LogP contribution in [0, 0.1) is 6.92 Å². The lowest BCUT2D eigenvalue weighted by Crippen LogP contribution is -2.34. The number of nitrogens with one attached hydrogen (secondary N) is 1. The normalized spacial score (nSPS) is 24.7. The van der Waals surface area contributed by atoms with Gasteiger partial charge in [-0.2, -0.15) is 0 Å². The third-order valence-corrected chi connectivity index (χ3v) is 3.19. The van der Waals surface area contributed by atoms with Gasteiger partial charge < -0.3 is 9.88 Å². The minimum atomic E-state index is -0.750. The Labute approximate surface area is 94.6 Å². The van der Waals surface area contributed by atoms with E-state index in [0.717, 1.165) is 12.0 Å². The topological polar surface area (TPSA) is 34.0 Å². The molecule has 1 aromatic rings. The molecule has 3 nitrogen and oxygen atoms in total. The lowest BCUT2D eigenvalue weighted by Gasteiger charge is -2.13. The van der Waals surface area contributed by atoms with Crippen LogP contribution < -0.4 is 5.32 Å². The molecule has 0 saturated heterocycles. The van der Waals surface area contributed by atoms with Crippen molar-refractivity contribution in [2.75, 3.05) is 0 Å². The Balaban J connectivity index is 2.03. The number of carbonyl (C=O) groups excluding carboxylic acids is 1. The molecule has 1 aromatic heterocycles. The number of hydrogen-bond acceptors (Lipinski definition) is 1. The molecule has 0 aliphatic heterocycles. The van der Waals surface area contributed by atoms with Gasteiger partial charge in [-0.05, 0) is 37.8 Å². The molecule has 16 heavy (non-hydrogen) atoms. The summed E-state index contributed by atoms with van der Waals surface area (Å²) in [5.41, 5.74) is 1.62. The molecule has 1 heterocycles. The van der Waals surface area contributed by atoms with E-state index < -0.39 is 6.17 Å². The largest absolute Gasteiger partial charge is 0.348 e. The van der Waals surface area contributed by atoms with E-state index in [1.807, 2.05) is 26.2 Å². The highest BCUT2D eigenvalue weighted by Gasteiger charge is 2.26. The van der Waals surface area contributed by atoms with Crippen LogP contribution in [-0.2, 0) is 7.05 Å². The van der Waals surface area contributed by atoms with Crippen molar-refractivity contribution < 1.29 is 9.18 Å². The summed E-state index contributed by atoms with van der Waals surface area (Å²) in [5, 5.41) is 2.89. The summed E-state index contributed by atoms with van der Waals surface area (Å²) in [4.78, 5) is 12.0. The molecule has 1 aliphatic carbocycles. The maximum absolute atomic E-state index is 13.0. The second-order valence-corrected chi connectivity index (χ2v) is 4.54. The van der Waals surface area contributed by atoms with E-state index >= 15 is 0 Å². The average Bonchev–Trinajstić information content (AvgIpc) is 2.74. The van der Waals surface area contributed by atoms with Gasteiger partial charge in [-0.25, -0.2) is 4.39 Å². The fraction of sp³-hybridized carbons (Fsp3) is 0.583. The van der Waals surface area contributed by atoms with Crippen LogP contribution in [0.4, 0.5) is 4.39 Å². The predicted octanol–water partition coefficient (Wildman–Crippen LogP) is 1.95. The highest BCUT2D eigenvalue weighted by molar-refractivity contribution is 5.94. The SMILES string of the molecule is Cc1ccn(C)c1C(=O)NC1CCC(F)C1. The fourth-order valence-electron chi connectivity index (χ4n) is 2.31. The van der Waals surface area contributed by atoms with Gasteiger partial charge in [0.1, 0.15) is 11.9 Å². The molecule has 0 spiro atoms. The molecule has 0 radical (unpaired) electrons. The van der Waals surface area contributed by atoms with Crippen molar-refractivity contribution in [1.82, 2.24) is 9.88 Å². The van der Waals surface area contributed by atoms with Gasteiger partial charge in [0.25, 0.3) is 5.91 Å². The zero-order chi connectivity index (χ0) is 11.7. The number of aryl methyl sites for hydroxylation is 2. The third-order valence-electron chi connectivity index (χ3n) is 3.19. The molecular weight excluding hydrogens is 207 g/mol. The highest BCUT2D eigenvalue weighted by atomic mass is 19.1. The molecule has 2 unspecified atom stereocenters. The van der Waals surface area contributed by atoms with Crippen molar-refractivity contribution in [3.05, 3.63) is 23.5 Å². The quantitative estimate of drug-likeness (QED) is 0.818. The van der Waals surface area contributed by atoms with Crippen LogP contribution in [0.3, 0.4) is 0 Å². The van der Waals surface area contributed by atoms with Crippen molar-refractivity contribution in [3.8, 4) is 0 Å². The van der Waals surface area contributed by atoms with Gasteiger partial charge in [-0.3, -0.25) is 4.79 Å². The van der Waals surface area contributed by atoms with E-state index in [-0.39, 0.29) is 11.9 Å². The molecule has 1 N–H and O–H groups in total. The van der Waals surface area contributed by atoms with E-state index in [4.69, 9.17) is 0 Å². The summed E-state index contributed by atoms with van der Waals surface area (Å²) >= 11 is 0. The van der Waals surface area contributed by atoms with E-state index in [1.165, 1.54) is 0 Å². The zero-order valence-corrected chi connectivity index (χ0v) is 9.66. The Kier molecular flexibility index (Phi) is 2.99. The first-order chi connectivity index (χ1) is 7.58. The molecule has 4 heteroatoms. The molecule has 0 aromatic carbocycles. The van der Waals surface area contributed by atoms with Crippen molar-refractivity contribution >= 4 is 5.91 Å². The molecule has 0 bridgehead atoms. The first-order valence-electron chi connectivity index (χ1n) is 5.65. The summed E-state index contributed by atoms with van der Waals surface area (Å²) in [6.45, 7) is 1.90. The molecule has 2 rings (SSSR count). The minimum absolute atomic E-state index is 0.00296. The van der Waals surface area contributed by atoms with Gasteiger partial charge in [0.2, 0.25) is 0 Å². The van der Waals surface area contributed by atoms with Crippen LogP contribution in [0.5, 0.6) is 0 Å². The van der Waals surface area contributed by atoms with Crippen LogP contribution in [0.1, 0.15) is 35.3 Å². The Morgan fingerprint density at radius 1 is 1.56 bits per heavy atom. The average molecular weight is 224 g/mol. The van der Waals surface area contributed by atoms with Crippen molar-refractivity contribution in [2.24, 2.45) is 7.05 Å². The number of rotatable bonds is 2. The van der Waals surface area contributed by atoms with Gasteiger partial charge in [0, 0.05) is 19.3 Å². The standard InChI is InChI=1S/C12H17FN2O/c1-8-5-6-15(2)11(8)12(16)14-10-4-3-9(13)7-10/h5-6,9-10H,3-4,7H2,1-2H3,(H,14,16). The Morgan fingerprint density at radius 2 is 2.31 bits per heavy atom. The number of aromatic nitrogens is 1. The van der Waals surface area contributed by atoms with E-state index in [2.05, 4.69) is 5.32 Å². The molecule has 88 valence electrons. The van der Waals surface area contributed by atoms with Crippen molar-refractivity contribution in [2.45, 2.75) is 38.4 Å². The smallest absolute Gasteiger partial charge is 0.268 e. The summed E-state index contributed by atoms with van der Waals surface area (Å²) < 4.78 is 14.8. The molecule has 1 fully saturated rings. The molecule has 1 aliphatic rings. The van der Waals surface area contributed by atoms with Gasteiger partial charge in [0.05, 0.1) is 0 Å². The second kappa shape index (κ2) is 4.28. The van der Waals surface area contributed by atoms with Crippen molar-refractivity contribution in [1.29, 1.82) is 0 Å². The summed E-state index contributed by atoms with van der Waals surface area (Å²) in [7, 11) is 1.84. The first-order valence-corrected chi connectivity index (χ1v) is 5.65. The minimum Gasteiger partial charge on any atom is -0.348 e. The highest BCUT2D eigenvalue weighted by Crippen LogP contribution is 2.22. The van der Waals surface area contributed by atoms with Crippen molar-refractivity contribution in [3.63, 3.8) is 0 Å². The van der Waals surface area contributed by atoms with E-state index in [9.17, 15) is 9.18 Å². The first kappa shape index (κ1) is 11.2. The molecule has 1 saturated carbocycles. The molecule has 2 atom stereocenters. The van der Waals surface area contributed by atoms with Crippen LogP contribution in [-0.4, -0.2) is 22.7 Å². The van der Waals surface area contributed by atoms with E-state index in [0.29, 0.717) is 18.5 Å². The number of carbonyl (C=O) groups is 1. The number of nitrogens with zero attached hydrogens (tertiary/aromatic N) is 1. The number of halogens is 1. The van der Waals surface area contributed by atoms with Gasteiger partial charge in [-0.1, -0.05) is 0 Å². The molecular formula is C12H17FN2O. The number of amides is 1. The summed E-state index contributed by atoms with van der Waals surface area (Å²) in [6, 6.07) is 1.90. The zero-order valence-electron chi connectivity index (χ0n) is 9.66. The Bertz CT molecular complexity index is 380. The lowest BCUT2D eigenvalue weighted by molar-refractivity contribution is 0.0928. The van der Waals surface area contributed by atoms with Crippen LogP contribution in [0.2, 0.25) is 0 Å². The van der Waals surface area contributed by atoms with Gasteiger partial charge >= 0.3 is 0 Å². The van der Waals surface area contributed by atoms with Gasteiger partial charge in [-0.15, -0.1) is 0 Å². The number of alkyl halides is 1. The monoisotopic (exact) mass is 224 g/mol. The predicted molar refractivity (Wildman–Crippen MR) is 60.2 cm³/mol. The van der Waals surface area contributed by atoms with Crippen LogP contribution in [0.15, 0.2) is 12.3 Å². The lowest BCUT2D eigenvalue weighted by atomic mass is 10.2. The summed E-state index contributed by atoms with van der Waals surface area (Å²) in [5.74, 6) is -0.0934. The summed E-state index contributed by atoms with van der Waals surface area (Å²) in [6.07, 6.45) is 2.87. The second-order valence-electron chi connectivity index (χ2n) is 4.54. The van der Waals surface area contributed by atoms with Crippen LogP contribution >= 0.6 is 0 Å². The third kappa shape index (κ3) is 2.10. The Hall–Kier alpha value is -1.32. The Morgan fingerprint density at radius 3 is 2.81 bits per heavy atom.